The highest BCUT2D eigenvalue weighted by Gasteiger charge is 2.27. The van der Waals surface area contributed by atoms with Crippen LogP contribution in [0.1, 0.15) is 121 Å². The molecule has 2 nitrogen and oxygen atoms in total. The van der Waals surface area contributed by atoms with Gasteiger partial charge in [-0.05, 0) is 102 Å². The van der Waals surface area contributed by atoms with Gasteiger partial charge in [-0.1, -0.05) is 81.0 Å². The molecule has 2 aliphatic rings. The van der Waals surface area contributed by atoms with Crippen LogP contribution in [0.2, 0.25) is 0 Å². The Labute approximate surface area is 211 Å². The number of benzene rings is 3. The van der Waals surface area contributed by atoms with Gasteiger partial charge in [0.15, 0.2) is 0 Å². The third-order valence-electron chi connectivity index (χ3n) is 8.68. The van der Waals surface area contributed by atoms with Gasteiger partial charge < -0.3 is 10.2 Å². The second-order valence-electron chi connectivity index (χ2n) is 11.0. The molecule has 2 N–H and O–H groups in total. The highest BCUT2D eigenvalue weighted by molar-refractivity contribution is 5.55. The fourth-order valence-corrected chi connectivity index (χ4v) is 6.73. The summed E-state index contributed by atoms with van der Waals surface area (Å²) >= 11 is 0. The van der Waals surface area contributed by atoms with Crippen molar-refractivity contribution in [3.8, 4) is 11.5 Å². The predicted octanol–water partition coefficient (Wildman–Crippen LogP) is 8.99. The van der Waals surface area contributed by atoms with Gasteiger partial charge in [-0.3, -0.25) is 0 Å². The number of phenols is 2. The summed E-state index contributed by atoms with van der Waals surface area (Å²) in [6, 6.07) is 19.4. The van der Waals surface area contributed by atoms with Crippen molar-refractivity contribution in [1.82, 2.24) is 0 Å². The summed E-state index contributed by atoms with van der Waals surface area (Å²) in [7, 11) is 0. The van der Waals surface area contributed by atoms with Gasteiger partial charge in [-0.15, -0.1) is 0 Å². The van der Waals surface area contributed by atoms with Gasteiger partial charge in [-0.2, -0.15) is 0 Å². The Morgan fingerprint density at radius 3 is 1.46 bits per heavy atom. The van der Waals surface area contributed by atoms with Crippen LogP contribution in [0.15, 0.2) is 54.6 Å². The first-order chi connectivity index (χ1) is 17.0. The van der Waals surface area contributed by atoms with Crippen molar-refractivity contribution in [3.63, 3.8) is 0 Å². The molecule has 0 aromatic heterocycles. The molecule has 2 saturated carbocycles. The lowest BCUT2D eigenvalue weighted by Crippen LogP contribution is -2.12. The van der Waals surface area contributed by atoms with Crippen LogP contribution in [0, 0.1) is 13.8 Å². The zero-order chi connectivity index (χ0) is 24.4. The third kappa shape index (κ3) is 4.99. The lowest BCUT2D eigenvalue weighted by atomic mass is 9.76. The van der Waals surface area contributed by atoms with Crippen molar-refractivity contribution < 1.29 is 10.2 Å². The number of aromatic hydroxyl groups is 2. The normalized spacial score (nSPS) is 17.7. The average molecular weight is 469 g/mol. The molecular formula is C33H40O2. The molecule has 5 rings (SSSR count). The van der Waals surface area contributed by atoms with Gasteiger partial charge >= 0.3 is 0 Å². The van der Waals surface area contributed by atoms with E-state index >= 15 is 0 Å². The van der Waals surface area contributed by atoms with Crippen molar-refractivity contribution in [2.75, 3.05) is 0 Å². The summed E-state index contributed by atoms with van der Waals surface area (Å²) in [4.78, 5) is 0. The summed E-state index contributed by atoms with van der Waals surface area (Å²) in [5, 5.41) is 21.9. The Bertz CT molecular complexity index is 1080. The van der Waals surface area contributed by atoms with E-state index in [0.29, 0.717) is 23.3 Å². The Morgan fingerprint density at radius 2 is 1.03 bits per heavy atom. The molecule has 0 bridgehead atoms. The maximum atomic E-state index is 11.0. The Hall–Kier alpha value is -2.74. The Balaban J connectivity index is 1.66. The van der Waals surface area contributed by atoms with Crippen molar-refractivity contribution in [2.24, 2.45) is 0 Å². The van der Waals surface area contributed by atoms with Crippen molar-refractivity contribution >= 4 is 0 Å². The quantitative estimate of drug-likeness (QED) is 0.367. The highest BCUT2D eigenvalue weighted by Crippen LogP contribution is 2.45. The van der Waals surface area contributed by atoms with Gasteiger partial charge in [0, 0.05) is 5.92 Å². The van der Waals surface area contributed by atoms with Crippen molar-refractivity contribution in [1.29, 1.82) is 0 Å². The number of phenolic OH excluding ortho intramolecular Hbond substituents is 2. The minimum absolute atomic E-state index is 0.0714. The molecule has 0 amide bonds. The largest absolute Gasteiger partial charge is 0.508 e. The van der Waals surface area contributed by atoms with Crippen molar-refractivity contribution in [3.05, 3.63) is 93.5 Å². The summed E-state index contributed by atoms with van der Waals surface area (Å²) in [5.74, 6) is 1.86. The first kappa shape index (κ1) is 24.0. The van der Waals surface area contributed by atoms with E-state index in [9.17, 15) is 10.2 Å². The maximum Gasteiger partial charge on any atom is 0.119 e. The topological polar surface area (TPSA) is 40.5 Å². The van der Waals surface area contributed by atoms with E-state index in [1.54, 1.807) is 0 Å². The minimum Gasteiger partial charge on any atom is -0.508 e. The van der Waals surface area contributed by atoms with Gasteiger partial charge in [0.25, 0.3) is 0 Å². The van der Waals surface area contributed by atoms with Crippen LogP contribution in [0.5, 0.6) is 11.5 Å². The van der Waals surface area contributed by atoms with Crippen LogP contribution in [0.3, 0.4) is 0 Å². The van der Waals surface area contributed by atoms with Gasteiger partial charge in [0.1, 0.15) is 11.5 Å². The minimum atomic E-state index is 0.0714. The second-order valence-corrected chi connectivity index (χ2v) is 11.0. The van der Waals surface area contributed by atoms with E-state index in [1.807, 2.05) is 12.1 Å². The molecule has 0 spiro atoms. The van der Waals surface area contributed by atoms with Crippen LogP contribution in [0.4, 0.5) is 0 Å². The van der Waals surface area contributed by atoms with E-state index in [4.69, 9.17) is 0 Å². The Morgan fingerprint density at radius 1 is 0.600 bits per heavy atom. The van der Waals surface area contributed by atoms with Crippen LogP contribution < -0.4 is 0 Å². The first-order valence-corrected chi connectivity index (χ1v) is 13.7. The molecule has 184 valence electrons. The fourth-order valence-electron chi connectivity index (χ4n) is 6.73. The number of rotatable bonds is 5. The molecule has 0 aliphatic heterocycles. The van der Waals surface area contributed by atoms with Crippen LogP contribution in [0.25, 0.3) is 0 Å². The molecule has 0 saturated heterocycles. The lowest BCUT2D eigenvalue weighted by molar-refractivity contribution is 0.413. The van der Waals surface area contributed by atoms with Crippen molar-refractivity contribution in [2.45, 2.75) is 95.8 Å². The molecule has 35 heavy (non-hydrogen) atoms. The molecule has 0 heterocycles. The van der Waals surface area contributed by atoms with E-state index in [2.05, 4.69) is 56.3 Å². The highest BCUT2D eigenvalue weighted by atomic mass is 16.3. The molecule has 3 aromatic carbocycles. The molecule has 2 aliphatic carbocycles. The van der Waals surface area contributed by atoms with E-state index in [-0.39, 0.29) is 5.92 Å². The predicted molar refractivity (Wildman–Crippen MR) is 145 cm³/mol. The molecule has 2 heteroatoms. The van der Waals surface area contributed by atoms with Gasteiger partial charge in [0.05, 0.1) is 0 Å². The molecule has 0 atom stereocenters. The average Bonchev–Trinajstić information content (AvgIpc) is 2.88. The van der Waals surface area contributed by atoms with Crippen LogP contribution >= 0.6 is 0 Å². The summed E-state index contributed by atoms with van der Waals surface area (Å²) in [5.41, 5.74) is 8.31. The maximum absolute atomic E-state index is 11.0. The Kier molecular flexibility index (Phi) is 7.18. The first-order valence-electron chi connectivity index (χ1n) is 13.7. The fraction of sp³-hybridized carbons (Fsp3) is 0.455. The van der Waals surface area contributed by atoms with E-state index < -0.39 is 0 Å². The number of aryl methyl sites for hydroxylation is 2. The number of hydrogen-bond acceptors (Lipinski definition) is 2. The number of hydrogen-bond donors (Lipinski definition) is 2. The van der Waals surface area contributed by atoms with E-state index in [1.165, 1.54) is 55.2 Å². The zero-order valence-electron chi connectivity index (χ0n) is 21.4. The summed E-state index contributed by atoms with van der Waals surface area (Å²) < 4.78 is 0. The van der Waals surface area contributed by atoms with Crippen LogP contribution in [-0.4, -0.2) is 10.2 Å². The summed E-state index contributed by atoms with van der Waals surface area (Å²) in [6.07, 6.45) is 12.3. The van der Waals surface area contributed by atoms with Crippen LogP contribution in [-0.2, 0) is 0 Å². The lowest BCUT2D eigenvalue weighted by Gasteiger charge is -2.29. The molecule has 3 aromatic rings. The third-order valence-corrected chi connectivity index (χ3v) is 8.68. The monoisotopic (exact) mass is 468 g/mol. The summed E-state index contributed by atoms with van der Waals surface area (Å²) in [6.45, 7) is 4.26. The molecular weight excluding hydrogens is 428 g/mol. The SMILES string of the molecule is Cc1cc(O)c(C2CCCCC2)cc1C(c1ccccc1)c1cc(C2CCCCC2)c(O)cc1C. The second kappa shape index (κ2) is 10.5. The standard InChI is InChI=1S/C33H40O2/c1-22-18-31(34)29(24-12-6-3-7-13-24)20-27(22)33(26-16-10-5-11-17-26)28-21-30(32(35)19-23(28)2)25-14-8-4-9-15-25/h5,10-11,16-21,24-25,33-35H,3-4,6-9,12-15H2,1-2H3. The zero-order valence-corrected chi connectivity index (χ0v) is 21.4. The molecule has 2 fully saturated rings. The van der Waals surface area contributed by atoms with E-state index in [0.717, 1.165) is 47.9 Å². The van der Waals surface area contributed by atoms with Gasteiger partial charge in [-0.25, -0.2) is 0 Å². The molecule has 0 radical (unpaired) electrons. The van der Waals surface area contributed by atoms with Gasteiger partial charge in [0.2, 0.25) is 0 Å². The molecule has 0 unspecified atom stereocenters. The smallest absolute Gasteiger partial charge is 0.119 e.